The van der Waals surface area contributed by atoms with Gasteiger partial charge in [0.15, 0.2) is 0 Å². The number of amides is 1. The Morgan fingerprint density at radius 1 is 0.870 bits per heavy atom. The Kier molecular flexibility index (Phi) is 6.70. The summed E-state index contributed by atoms with van der Waals surface area (Å²) in [5, 5.41) is -0.315. The minimum Gasteiger partial charge on any atom is -0.324 e. The molecule has 0 saturated heterocycles. The number of hydrogen-bond acceptors (Lipinski definition) is 3. The van der Waals surface area contributed by atoms with Gasteiger partial charge in [-0.05, 0) is 23.5 Å². The van der Waals surface area contributed by atoms with Crippen molar-refractivity contribution in [2.75, 3.05) is 5.32 Å². The highest BCUT2D eigenvalue weighted by molar-refractivity contribution is 8.01. The Bertz CT molecular complexity index is 591. The number of carbonyl (C=O) groups excluding carboxylic acids is 1. The molecule has 23 heavy (non-hydrogen) atoms. The predicted molar refractivity (Wildman–Crippen MR) is 79.6 cm³/mol. The lowest BCUT2D eigenvalue weighted by molar-refractivity contribution is -0.114. The first-order valence-electron chi connectivity index (χ1n) is 5.22. The lowest BCUT2D eigenvalue weighted by atomic mass is 10.3. The number of halogens is 9. The largest absolute Gasteiger partial charge is 0.446 e. The normalized spacial score (nSPS) is 12.4. The number of thioether (sulfide) groups is 2. The molecule has 0 heterocycles. The maximum atomic E-state index is 12.6. The van der Waals surface area contributed by atoms with Crippen molar-refractivity contribution in [2.24, 2.45) is 0 Å². The van der Waals surface area contributed by atoms with Crippen molar-refractivity contribution >= 4 is 69.9 Å². The van der Waals surface area contributed by atoms with Crippen LogP contribution in [0.4, 0.5) is 32.0 Å². The molecule has 0 aliphatic heterocycles. The lowest BCUT2D eigenvalue weighted by Crippen LogP contribution is -2.10. The molecule has 1 aromatic carbocycles. The predicted octanol–water partition coefficient (Wildman–Crippen LogP) is 6.83. The van der Waals surface area contributed by atoms with E-state index in [1.807, 2.05) is 5.32 Å². The van der Waals surface area contributed by atoms with Crippen LogP contribution in [0.2, 0.25) is 15.1 Å². The van der Waals surface area contributed by atoms with Crippen molar-refractivity contribution in [2.45, 2.75) is 27.7 Å². The van der Waals surface area contributed by atoms with Crippen molar-refractivity contribution in [3.8, 4) is 0 Å². The Morgan fingerprint density at radius 2 is 1.22 bits per heavy atom. The highest BCUT2D eigenvalue weighted by Crippen LogP contribution is 2.55. The van der Waals surface area contributed by atoms with Gasteiger partial charge in [-0.1, -0.05) is 34.8 Å². The second kappa shape index (κ2) is 7.38. The number of hydrogen-bond donors (Lipinski definition) is 1. The number of benzene rings is 1. The summed E-state index contributed by atoms with van der Waals surface area (Å²) in [4.78, 5) is 9.30. The highest BCUT2D eigenvalue weighted by atomic mass is 35.5. The Balaban J connectivity index is 3.62. The molecule has 1 rings (SSSR count). The van der Waals surface area contributed by atoms with Crippen LogP contribution in [0.25, 0.3) is 0 Å². The fourth-order valence-corrected chi connectivity index (χ4v) is 3.88. The fourth-order valence-electron chi connectivity index (χ4n) is 1.32. The van der Waals surface area contributed by atoms with Crippen molar-refractivity contribution in [3.05, 3.63) is 15.1 Å². The molecule has 0 radical (unpaired) electrons. The molecule has 2 nitrogen and oxygen atoms in total. The van der Waals surface area contributed by atoms with Gasteiger partial charge in [-0.15, -0.1) is 0 Å². The molecule has 130 valence electrons. The van der Waals surface area contributed by atoms with E-state index in [1.165, 1.54) is 0 Å². The average Bonchev–Trinajstić information content (AvgIpc) is 2.33. The Morgan fingerprint density at radius 3 is 1.48 bits per heavy atom. The number of nitrogens with one attached hydrogen (secondary N) is 1. The molecule has 0 aromatic heterocycles. The summed E-state index contributed by atoms with van der Waals surface area (Å²) in [5.74, 6) is -0.790. The third-order valence-electron chi connectivity index (χ3n) is 1.97. The van der Waals surface area contributed by atoms with Crippen LogP contribution in [0, 0.1) is 0 Å². The quantitative estimate of drug-likeness (QED) is 0.414. The third kappa shape index (κ3) is 6.00. The molecular weight excluding hydrogens is 435 g/mol. The smallest absolute Gasteiger partial charge is 0.324 e. The summed E-state index contributed by atoms with van der Waals surface area (Å²) in [7, 11) is 0. The zero-order valence-electron chi connectivity index (χ0n) is 10.6. The minimum atomic E-state index is -4.87. The van der Waals surface area contributed by atoms with Gasteiger partial charge in [0.05, 0.1) is 30.5 Å². The van der Waals surface area contributed by atoms with Crippen LogP contribution in [-0.2, 0) is 4.79 Å². The van der Waals surface area contributed by atoms with Crippen LogP contribution in [0.3, 0.4) is 0 Å². The van der Waals surface area contributed by atoms with E-state index >= 15 is 0 Å². The topological polar surface area (TPSA) is 29.1 Å². The highest BCUT2D eigenvalue weighted by Gasteiger charge is 2.38. The Hall–Kier alpha value is -0.160. The van der Waals surface area contributed by atoms with E-state index in [4.69, 9.17) is 34.8 Å². The molecule has 13 heteroatoms. The first-order valence-corrected chi connectivity index (χ1v) is 7.99. The molecular formula is C10H4Cl3F6NOS2. The molecule has 0 aliphatic rings. The molecule has 0 spiro atoms. The second-order valence-corrected chi connectivity index (χ2v) is 7.04. The monoisotopic (exact) mass is 437 g/mol. The Labute approximate surface area is 149 Å². The molecule has 0 unspecified atom stereocenters. The van der Waals surface area contributed by atoms with Gasteiger partial charge in [-0.3, -0.25) is 4.79 Å². The van der Waals surface area contributed by atoms with E-state index in [-0.39, 0.29) is 0 Å². The number of rotatable bonds is 3. The van der Waals surface area contributed by atoms with Crippen LogP contribution >= 0.6 is 58.3 Å². The molecule has 0 aliphatic carbocycles. The molecule has 0 bridgehead atoms. The van der Waals surface area contributed by atoms with Crippen LogP contribution in [0.15, 0.2) is 9.79 Å². The van der Waals surface area contributed by atoms with E-state index in [9.17, 15) is 31.1 Å². The molecule has 0 fully saturated rings. The van der Waals surface area contributed by atoms with Crippen LogP contribution < -0.4 is 5.32 Å². The van der Waals surface area contributed by atoms with Crippen LogP contribution in [0.5, 0.6) is 0 Å². The van der Waals surface area contributed by atoms with Gasteiger partial charge in [0.2, 0.25) is 5.91 Å². The van der Waals surface area contributed by atoms with Gasteiger partial charge in [0, 0.05) is 6.92 Å². The fraction of sp³-hybridized carbons (Fsp3) is 0.300. The SMILES string of the molecule is CC(=O)Nc1c(Cl)c(SC(F)(F)F)c(Cl)c(SC(F)(F)F)c1Cl. The van der Waals surface area contributed by atoms with E-state index in [2.05, 4.69) is 0 Å². The average molecular weight is 439 g/mol. The first-order chi connectivity index (χ1) is 10.2. The number of carbonyl (C=O) groups is 1. The summed E-state index contributed by atoms with van der Waals surface area (Å²) in [5.41, 5.74) is -10.3. The summed E-state index contributed by atoms with van der Waals surface area (Å²) in [6, 6.07) is 0. The summed E-state index contributed by atoms with van der Waals surface area (Å²) >= 11 is 15.4. The number of anilines is 1. The minimum absolute atomic E-state index is 0.580. The molecule has 1 amide bonds. The summed E-state index contributed by atoms with van der Waals surface area (Å²) in [6.07, 6.45) is 0. The van der Waals surface area contributed by atoms with Crippen molar-refractivity contribution in [3.63, 3.8) is 0 Å². The van der Waals surface area contributed by atoms with Gasteiger partial charge < -0.3 is 5.32 Å². The summed E-state index contributed by atoms with van der Waals surface area (Å²) < 4.78 is 75.4. The standard InChI is InChI=1S/C10H4Cl3F6NOS2/c1-2(21)20-6-3(11)7(22-9(14,15)16)5(13)8(4(6)12)23-10(17,18)19/h1H3,(H,20,21). The molecule has 1 N–H and O–H groups in total. The zero-order valence-corrected chi connectivity index (χ0v) is 14.5. The zero-order chi connectivity index (χ0) is 18.2. The van der Waals surface area contributed by atoms with Crippen LogP contribution in [-0.4, -0.2) is 16.9 Å². The van der Waals surface area contributed by atoms with E-state index in [1.54, 1.807) is 0 Å². The summed E-state index contributed by atoms with van der Waals surface area (Å²) in [6.45, 7) is 0.981. The van der Waals surface area contributed by atoms with E-state index in [0.717, 1.165) is 6.92 Å². The maximum absolute atomic E-state index is 12.6. The maximum Gasteiger partial charge on any atom is 0.446 e. The van der Waals surface area contributed by atoms with E-state index < -0.39 is 71.0 Å². The van der Waals surface area contributed by atoms with Gasteiger partial charge in [0.1, 0.15) is 0 Å². The van der Waals surface area contributed by atoms with Crippen molar-refractivity contribution in [1.82, 2.24) is 0 Å². The molecule has 0 atom stereocenters. The molecule has 0 saturated carbocycles. The van der Waals surface area contributed by atoms with Gasteiger partial charge in [0.25, 0.3) is 0 Å². The third-order valence-corrected chi connectivity index (χ3v) is 5.24. The van der Waals surface area contributed by atoms with Crippen molar-refractivity contribution in [1.29, 1.82) is 0 Å². The van der Waals surface area contributed by atoms with E-state index in [0.29, 0.717) is 0 Å². The van der Waals surface area contributed by atoms with Crippen LogP contribution in [0.1, 0.15) is 6.92 Å². The van der Waals surface area contributed by atoms with Gasteiger partial charge >= 0.3 is 11.0 Å². The number of alkyl halides is 6. The second-order valence-electron chi connectivity index (χ2n) is 3.75. The lowest BCUT2D eigenvalue weighted by Gasteiger charge is -2.19. The van der Waals surface area contributed by atoms with Crippen molar-refractivity contribution < 1.29 is 31.1 Å². The molecule has 1 aromatic rings. The van der Waals surface area contributed by atoms with Gasteiger partial charge in [-0.25, -0.2) is 0 Å². The first kappa shape index (κ1) is 20.9. The van der Waals surface area contributed by atoms with Gasteiger partial charge in [-0.2, -0.15) is 26.3 Å².